The number of fused-ring (bicyclic) bond motifs is 1. The lowest BCUT2D eigenvalue weighted by atomic mass is 10.2. The molecule has 1 aromatic heterocycles. The molecule has 132 valence electrons. The fourth-order valence-corrected chi connectivity index (χ4v) is 3.22. The van der Waals surface area contributed by atoms with Gasteiger partial charge in [-0.2, -0.15) is 0 Å². The van der Waals surface area contributed by atoms with Crippen LogP contribution in [0.5, 0.6) is 0 Å². The van der Waals surface area contributed by atoms with Crippen molar-refractivity contribution in [1.29, 1.82) is 0 Å². The number of hydrogen-bond acceptors (Lipinski definition) is 2. The molecule has 0 atom stereocenters. The number of likely N-dealkylation sites (N-methyl/N-ethyl adjacent to an activating group) is 1. The van der Waals surface area contributed by atoms with Crippen LogP contribution in [-0.2, 0) is 13.1 Å². The first-order valence-electron chi connectivity index (χ1n) is 8.98. The fraction of sp³-hybridized carbons (Fsp3) is 0.350. The van der Waals surface area contributed by atoms with E-state index in [0.717, 1.165) is 49.2 Å². The summed E-state index contributed by atoms with van der Waals surface area (Å²) >= 11 is 5.97. The monoisotopic (exact) mass is 357 g/mol. The first kappa shape index (κ1) is 17.8. The van der Waals surface area contributed by atoms with Gasteiger partial charge in [0.2, 0.25) is 5.95 Å². The van der Waals surface area contributed by atoms with Crippen LogP contribution in [0.2, 0.25) is 5.02 Å². The summed E-state index contributed by atoms with van der Waals surface area (Å²) in [5.41, 5.74) is 3.42. The average molecular weight is 358 g/mol. The number of imidazole rings is 1. The molecule has 2 N–H and O–H groups in total. The molecule has 0 aliphatic heterocycles. The number of anilines is 1. The fourth-order valence-electron chi connectivity index (χ4n) is 3.09. The Morgan fingerprint density at radius 1 is 1.04 bits per heavy atom. The van der Waals surface area contributed by atoms with Crippen LogP contribution in [0, 0.1) is 0 Å². The van der Waals surface area contributed by atoms with E-state index in [9.17, 15) is 0 Å². The SMILES string of the molecule is CC[NH+](CC)CCn1c(NCc2ccc(Cl)cc2)nc2ccccc21. The molecule has 0 spiro atoms. The smallest absolute Gasteiger partial charge is 0.204 e. The standard InChI is InChI=1S/C20H25ClN4/c1-3-24(4-2)13-14-25-19-8-6-5-7-18(19)23-20(25)22-15-16-9-11-17(21)12-10-16/h5-12H,3-4,13-15H2,1-2H3,(H,22,23)/p+1. The molecule has 0 fully saturated rings. The zero-order valence-corrected chi connectivity index (χ0v) is 15.7. The van der Waals surface area contributed by atoms with Crippen molar-refractivity contribution in [2.24, 2.45) is 0 Å². The number of hydrogen-bond donors (Lipinski definition) is 2. The van der Waals surface area contributed by atoms with Crippen molar-refractivity contribution in [1.82, 2.24) is 9.55 Å². The van der Waals surface area contributed by atoms with E-state index in [1.54, 1.807) is 4.90 Å². The Bertz CT molecular complexity index is 806. The topological polar surface area (TPSA) is 34.3 Å². The summed E-state index contributed by atoms with van der Waals surface area (Å²) in [5, 5.41) is 4.26. The van der Waals surface area contributed by atoms with E-state index in [0.29, 0.717) is 0 Å². The van der Waals surface area contributed by atoms with Crippen LogP contribution in [0.1, 0.15) is 19.4 Å². The highest BCUT2D eigenvalue weighted by Gasteiger charge is 2.12. The van der Waals surface area contributed by atoms with Gasteiger partial charge in [0, 0.05) is 11.6 Å². The van der Waals surface area contributed by atoms with Gasteiger partial charge in [0.1, 0.15) is 0 Å². The molecule has 0 bridgehead atoms. The maximum atomic E-state index is 5.97. The summed E-state index contributed by atoms with van der Waals surface area (Å²) in [4.78, 5) is 6.39. The predicted molar refractivity (Wildman–Crippen MR) is 105 cm³/mol. The van der Waals surface area contributed by atoms with E-state index >= 15 is 0 Å². The number of aromatic nitrogens is 2. The van der Waals surface area contributed by atoms with E-state index in [4.69, 9.17) is 16.6 Å². The van der Waals surface area contributed by atoms with Crippen molar-refractivity contribution >= 4 is 28.6 Å². The maximum absolute atomic E-state index is 5.97. The largest absolute Gasteiger partial charge is 0.352 e. The lowest BCUT2D eigenvalue weighted by molar-refractivity contribution is -0.897. The van der Waals surface area contributed by atoms with Crippen molar-refractivity contribution < 1.29 is 4.90 Å². The highest BCUT2D eigenvalue weighted by molar-refractivity contribution is 6.30. The predicted octanol–water partition coefficient (Wildman–Crippen LogP) is 3.23. The van der Waals surface area contributed by atoms with Crippen LogP contribution >= 0.6 is 11.6 Å². The van der Waals surface area contributed by atoms with Crippen LogP contribution in [0.25, 0.3) is 11.0 Å². The lowest BCUT2D eigenvalue weighted by Crippen LogP contribution is -3.11. The molecule has 3 aromatic rings. The molecule has 2 aromatic carbocycles. The summed E-state index contributed by atoms with van der Waals surface area (Å²) in [6, 6.07) is 16.3. The second-order valence-corrected chi connectivity index (χ2v) is 6.70. The van der Waals surface area contributed by atoms with Gasteiger partial charge >= 0.3 is 0 Å². The van der Waals surface area contributed by atoms with Gasteiger partial charge in [-0.15, -0.1) is 0 Å². The van der Waals surface area contributed by atoms with Crippen molar-refractivity contribution in [3.8, 4) is 0 Å². The van der Waals surface area contributed by atoms with Crippen LogP contribution in [0.15, 0.2) is 48.5 Å². The maximum Gasteiger partial charge on any atom is 0.204 e. The molecule has 5 heteroatoms. The van der Waals surface area contributed by atoms with Gasteiger partial charge in [0.25, 0.3) is 0 Å². The lowest BCUT2D eigenvalue weighted by Gasteiger charge is -2.17. The number of halogens is 1. The first-order valence-corrected chi connectivity index (χ1v) is 9.36. The van der Waals surface area contributed by atoms with Gasteiger partial charge in [0.05, 0.1) is 37.2 Å². The van der Waals surface area contributed by atoms with Gasteiger partial charge in [-0.25, -0.2) is 4.98 Å². The van der Waals surface area contributed by atoms with Gasteiger partial charge in [0.15, 0.2) is 0 Å². The van der Waals surface area contributed by atoms with Gasteiger partial charge in [-0.3, -0.25) is 0 Å². The normalized spacial score (nSPS) is 11.4. The summed E-state index contributed by atoms with van der Waals surface area (Å²) < 4.78 is 2.30. The average Bonchev–Trinajstić information content (AvgIpc) is 3.00. The Morgan fingerprint density at radius 3 is 2.48 bits per heavy atom. The number of nitrogens with zero attached hydrogens (tertiary/aromatic N) is 2. The minimum absolute atomic E-state index is 0.735. The van der Waals surface area contributed by atoms with E-state index < -0.39 is 0 Å². The van der Waals surface area contributed by atoms with Crippen molar-refractivity contribution in [3.63, 3.8) is 0 Å². The van der Waals surface area contributed by atoms with Gasteiger partial charge in [-0.05, 0) is 43.7 Å². The molecular weight excluding hydrogens is 332 g/mol. The quantitative estimate of drug-likeness (QED) is 0.649. The number of nitrogens with one attached hydrogen (secondary N) is 2. The number of benzene rings is 2. The molecular formula is C20H26ClN4+. The number of quaternary nitrogens is 1. The third kappa shape index (κ3) is 4.33. The zero-order valence-electron chi connectivity index (χ0n) is 14.9. The number of rotatable bonds is 8. The van der Waals surface area contributed by atoms with Crippen molar-refractivity contribution in [2.45, 2.75) is 26.9 Å². The molecule has 25 heavy (non-hydrogen) atoms. The highest BCUT2D eigenvalue weighted by atomic mass is 35.5. The summed E-state index contributed by atoms with van der Waals surface area (Å²) in [7, 11) is 0. The molecule has 0 aliphatic rings. The van der Waals surface area contributed by atoms with E-state index in [1.807, 2.05) is 30.3 Å². The van der Waals surface area contributed by atoms with E-state index in [-0.39, 0.29) is 0 Å². The van der Waals surface area contributed by atoms with E-state index in [1.165, 1.54) is 11.1 Å². The van der Waals surface area contributed by atoms with Crippen molar-refractivity contribution in [3.05, 3.63) is 59.1 Å². The minimum atomic E-state index is 0.735. The Labute approximate surface area is 154 Å². The third-order valence-electron chi connectivity index (χ3n) is 4.71. The second-order valence-electron chi connectivity index (χ2n) is 6.26. The molecule has 3 rings (SSSR count). The number of para-hydroxylation sites is 2. The third-order valence-corrected chi connectivity index (χ3v) is 4.96. The molecule has 0 amide bonds. The van der Waals surface area contributed by atoms with Crippen LogP contribution in [0.4, 0.5) is 5.95 Å². The van der Waals surface area contributed by atoms with Gasteiger partial charge in [-0.1, -0.05) is 35.9 Å². The molecule has 0 saturated heterocycles. The first-order chi connectivity index (χ1) is 12.2. The van der Waals surface area contributed by atoms with Crippen LogP contribution in [-0.4, -0.2) is 29.2 Å². The highest BCUT2D eigenvalue weighted by Crippen LogP contribution is 2.20. The Kier molecular flexibility index (Phi) is 5.95. The molecule has 4 nitrogen and oxygen atoms in total. The molecule has 1 heterocycles. The second kappa shape index (κ2) is 8.37. The summed E-state index contributed by atoms with van der Waals surface area (Å²) in [5.74, 6) is 0.933. The molecule has 0 saturated carbocycles. The summed E-state index contributed by atoms with van der Waals surface area (Å²) in [6.07, 6.45) is 0. The molecule has 0 radical (unpaired) electrons. The molecule has 0 aliphatic carbocycles. The molecule has 0 unspecified atom stereocenters. The van der Waals surface area contributed by atoms with E-state index in [2.05, 4.69) is 41.9 Å². The van der Waals surface area contributed by atoms with Crippen molar-refractivity contribution in [2.75, 3.05) is 25.0 Å². The Balaban J connectivity index is 1.80. The zero-order chi connectivity index (χ0) is 17.6. The Hall–Kier alpha value is -2.04. The minimum Gasteiger partial charge on any atom is -0.352 e. The Morgan fingerprint density at radius 2 is 1.76 bits per heavy atom. The van der Waals surface area contributed by atoms with Gasteiger partial charge < -0.3 is 14.8 Å². The van der Waals surface area contributed by atoms with Crippen LogP contribution < -0.4 is 10.2 Å². The summed E-state index contributed by atoms with van der Waals surface area (Å²) in [6.45, 7) is 9.57. The van der Waals surface area contributed by atoms with Crippen LogP contribution in [0.3, 0.4) is 0 Å².